The van der Waals surface area contributed by atoms with Crippen LogP contribution in [0.1, 0.15) is 73.1 Å². The molecule has 6 aliphatic rings. The average Bonchev–Trinajstić information content (AvgIpc) is 2.60. The summed E-state index contributed by atoms with van der Waals surface area (Å²) < 4.78 is 0. The van der Waals surface area contributed by atoms with E-state index in [2.05, 4.69) is 45.3 Å². The Bertz CT molecular complexity index is 478. The Morgan fingerprint density at radius 1 is 0.800 bits per heavy atom. The van der Waals surface area contributed by atoms with Crippen molar-refractivity contribution < 1.29 is 0 Å². The first-order valence-corrected chi connectivity index (χ1v) is 11.2. The van der Waals surface area contributed by atoms with E-state index in [0.29, 0.717) is 16.9 Å². The van der Waals surface area contributed by atoms with E-state index in [9.17, 15) is 0 Å². The van der Waals surface area contributed by atoms with Crippen molar-refractivity contribution in [3.63, 3.8) is 0 Å². The van der Waals surface area contributed by atoms with Gasteiger partial charge in [-0.1, -0.05) is 27.7 Å². The maximum absolute atomic E-state index is 3.86. The molecule has 4 bridgehead atoms. The fourth-order valence-electron chi connectivity index (χ4n) is 7.32. The molecular formula is C23H42N2. The van der Waals surface area contributed by atoms with E-state index in [1.54, 1.807) is 0 Å². The van der Waals surface area contributed by atoms with Gasteiger partial charge in [-0.15, -0.1) is 0 Å². The Balaban J connectivity index is 1.15. The van der Waals surface area contributed by atoms with Crippen LogP contribution in [0.25, 0.3) is 0 Å². The summed E-state index contributed by atoms with van der Waals surface area (Å²) in [5, 5.41) is 7.67. The molecule has 0 aromatic rings. The smallest absolute Gasteiger partial charge is 0.0164 e. The zero-order chi connectivity index (χ0) is 17.8. The normalized spacial score (nSPS) is 44.5. The maximum Gasteiger partial charge on any atom is 0.0164 e. The second-order valence-corrected chi connectivity index (χ2v) is 11.4. The molecule has 2 N–H and O–H groups in total. The second-order valence-electron chi connectivity index (χ2n) is 11.4. The highest BCUT2D eigenvalue weighted by atomic mass is 15.0. The van der Waals surface area contributed by atoms with Crippen LogP contribution in [0.2, 0.25) is 0 Å². The molecule has 0 aromatic carbocycles. The first-order chi connectivity index (χ1) is 11.8. The van der Waals surface area contributed by atoms with Crippen molar-refractivity contribution >= 4 is 0 Å². The van der Waals surface area contributed by atoms with Gasteiger partial charge >= 0.3 is 0 Å². The van der Waals surface area contributed by atoms with Gasteiger partial charge in [-0.2, -0.15) is 0 Å². The summed E-state index contributed by atoms with van der Waals surface area (Å²) in [7, 11) is 0. The molecular weight excluding hydrogens is 304 g/mol. The molecule has 0 aliphatic heterocycles. The molecule has 0 spiro atoms. The summed E-state index contributed by atoms with van der Waals surface area (Å²) in [5.74, 6) is 5.87. The van der Waals surface area contributed by atoms with Crippen LogP contribution in [0.3, 0.4) is 0 Å². The summed E-state index contributed by atoms with van der Waals surface area (Å²) in [6.07, 6.45) is 8.89. The van der Waals surface area contributed by atoms with E-state index in [1.807, 2.05) is 0 Å². The zero-order valence-electron chi connectivity index (χ0n) is 17.4. The minimum atomic E-state index is 0.603. The van der Waals surface area contributed by atoms with E-state index in [0.717, 1.165) is 42.1 Å². The Morgan fingerprint density at radius 3 is 1.80 bits per heavy atom. The van der Waals surface area contributed by atoms with Gasteiger partial charge in [0.25, 0.3) is 0 Å². The molecule has 2 nitrogen and oxygen atoms in total. The van der Waals surface area contributed by atoms with Crippen molar-refractivity contribution in [1.29, 1.82) is 0 Å². The highest BCUT2D eigenvalue weighted by Gasteiger charge is 2.54. The highest BCUT2D eigenvalue weighted by Crippen LogP contribution is 2.62. The molecule has 6 rings (SSSR count). The maximum atomic E-state index is 3.86. The van der Waals surface area contributed by atoms with Crippen molar-refractivity contribution in [2.45, 2.75) is 79.2 Å². The largest absolute Gasteiger partial charge is 0.315 e. The summed E-state index contributed by atoms with van der Waals surface area (Å²) in [4.78, 5) is 0. The predicted octanol–water partition coefficient (Wildman–Crippen LogP) is 4.70. The third kappa shape index (κ3) is 3.10. The SMILES string of the molecule is CC(CNCC1CC[C@H]2C[C@@H]1C2(C)C)NC[C@@H]1CC[C@H]2C[C@@H]1C2(C)C. The number of hydrogen-bond acceptors (Lipinski definition) is 2. The van der Waals surface area contributed by atoms with E-state index in [4.69, 9.17) is 0 Å². The number of fused-ring (bicyclic) bond motifs is 4. The van der Waals surface area contributed by atoms with Crippen molar-refractivity contribution in [2.75, 3.05) is 19.6 Å². The predicted molar refractivity (Wildman–Crippen MR) is 107 cm³/mol. The van der Waals surface area contributed by atoms with Gasteiger partial charge in [-0.05, 0) is 105 Å². The Morgan fingerprint density at radius 2 is 1.32 bits per heavy atom. The summed E-state index contributed by atoms with van der Waals surface area (Å²) in [6, 6.07) is 0.603. The molecule has 6 saturated carbocycles. The van der Waals surface area contributed by atoms with Gasteiger partial charge in [0.2, 0.25) is 0 Å². The molecule has 6 aliphatic carbocycles. The molecule has 0 amide bonds. The van der Waals surface area contributed by atoms with Crippen LogP contribution in [0.4, 0.5) is 0 Å². The van der Waals surface area contributed by atoms with Crippen LogP contribution in [-0.2, 0) is 0 Å². The van der Waals surface area contributed by atoms with Gasteiger partial charge in [-0.3, -0.25) is 0 Å². The molecule has 2 unspecified atom stereocenters. The lowest BCUT2D eigenvalue weighted by atomic mass is 9.45. The lowest BCUT2D eigenvalue weighted by Crippen LogP contribution is -2.55. The summed E-state index contributed by atoms with van der Waals surface area (Å²) >= 11 is 0. The fraction of sp³-hybridized carbons (Fsp3) is 1.00. The van der Waals surface area contributed by atoms with Gasteiger partial charge in [0.15, 0.2) is 0 Å². The topological polar surface area (TPSA) is 24.1 Å². The Hall–Kier alpha value is -0.0800. The summed E-state index contributed by atoms with van der Waals surface area (Å²) in [5.41, 5.74) is 1.25. The lowest BCUT2D eigenvalue weighted by molar-refractivity contribution is -0.104. The number of rotatable bonds is 7. The molecule has 2 heteroatoms. The summed E-state index contributed by atoms with van der Waals surface area (Å²) in [6.45, 7) is 16.0. The lowest BCUT2D eigenvalue weighted by Gasteiger charge is -2.60. The fourth-order valence-corrected chi connectivity index (χ4v) is 7.32. The molecule has 0 heterocycles. The quantitative estimate of drug-likeness (QED) is 0.698. The van der Waals surface area contributed by atoms with Crippen LogP contribution in [0.15, 0.2) is 0 Å². The van der Waals surface area contributed by atoms with Gasteiger partial charge in [0.05, 0.1) is 0 Å². The van der Waals surface area contributed by atoms with Crippen molar-refractivity contribution in [2.24, 2.45) is 46.3 Å². The molecule has 25 heavy (non-hydrogen) atoms. The molecule has 6 fully saturated rings. The third-order valence-electron chi connectivity index (χ3n) is 9.59. The van der Waals surface area contributed by atoms with Crippen molar-refractivity contribution in [3.8, 4) is 0 Å². The number of hydrogen-bond donors (Lipinski definition) is 2. The van der Waals surface area contributed by atoms with Crippen molar-refractivity contribution in [1.82, 2.24) is 10.6 Å². The van der Waals surface area contributed by atoms with Crippen molar-refractivity contribution in [3.05, 3.63) is 0 Å². The monoisotopic (exact) mass is 346 g/mol. The van der Waals surface area contributed by atoms with Gasteiger partial charge in [0.1, 0.15) is 0 Å². The zero-order valence-corrected chi connectivity index (χ0v) is 17.4. The van der Waals surface area contributed by atoms with Gasteiger partial charge in [-0.25, -0.2) is 0 Å². The first kappa shape index (κ1) is 18.3. The third-order valence-corrected chi connectivity index (χ3v) is 9.59. The van der Waals surface area contributed by atoms with Gasteiger partial charge in [0, 0.05) is 12.6 Å². The van der Waals surface area contributed by atoms with Crippen LogP contribution in [-0.4, -0.2) is 25.7 Å². The van der Waals surface area contributed by atoms with Crippen LogP contribution in [0.5, 0.6) is 0 Å². The van der Waals surface area contributed by atoms with Crippen LogP contribution < -0.4 is 10.6 Å². The highest BCUT2D eigenvalue weighted by molar-refractivity contribution is 5.04. The van der Waals surface area contributed by atoms with Crippen LogP contribution >= 0.6 is 0 Å². The van der Waals surface area contributed by atoms with E-state index in [-0.39, 0.29) is 0 Å². The molecule has 144 valence electrons. The van der Waals surface area contributed by atoms with E-state index >= 15 is 0 Å². The molecule has 0 radical (unpaired) electrons. The number of nitrogens with one attached hydrogen (secondary N) is 2. The minimum absolute atomic E-state index is 0.603. The molecule has 0 aromatic heterocycles. The van der Waals surface area contributed by atoms with Gasteiger partial charge < -0.3 is 10.6 Å². The Kier molecular flexibility index (Phi) is 4.77. The standard InChI is InChI=1S/C23H42N2/c1-15(25-14-17-7-9-19-11-21(17)23(19,4)5)12-24-13-16-6-8-18-10-20(16)22(18,2)3/h15-21,24-25H,6-14H2,1-5H3/t15?,16?,17-,18-,19-,20-,21-/m0/s1. The Labute approximate surface area is 156 Å². The van der Waals surface area contributed by atoms with E-state index < -0.39 is 0 Å². The molecule has 0 saturated heterocycles. The molecule has 7 atom stereocenters. The van der Waals surface area contributed by atoms with E-state index in [1.165, 1.54) is 51.6 Å². The minimum Gasteiger partial charge on any atom is -0.315 e. The second kappa shape index (κ2) is 6.51. The van der Waals surface area contributed by atoms with Crippen LogP contribution in [0, 0.1) is 46.3 Å². The first-order valence-electron chi connectivity index (χ1n) is 11.2. The average molecular weight is 347 g/mol.